The van der Waals surface area contributed by atoms with Crippen molar-refractivity contribution in [1.82, 2.24) is 0 Å². The van der Waals surface area contributed by atoms with E-state index in [1.165, 1.54) is 70.6 Å². The van der Waals surface area contributed by atoms with Gasteiger partial charge < -0.3 is 9.59 Å². The fraction of sp³-hybridized carbons (Fsp3) is 0.950. The van der Waals surface area contributed by atoms with Crippen LogP contribution in [-0.4, -0.2) is 43.7 Å². The summed E-state index contributed by atoms with van der Waals surface area (Å²) in [5, 5.41) is 8.49. The number of unbranched alkanes of at least 4 members (excludes halogenated alkanes) is 12. The molecule has 0 unspecified atom stereocenters. The van der Waals surface area contributed by atoms with Gasteiger partial charge in [-0.3, -0.25) is 4.79 Å². The Kier molecular flexibility index (Phi) is 19.1. The lowest BCUT2D eigenvalue weighted by molar-refractivity contribution is -0.849. The zero-order chi connectivity index (χ0) is 18.0. The molecular formula is C20H44NO2+. The van der Waals surface area contributed by atoms with Crippen molar-refractivity contribution in [2.75, 3.05) is 28.2 Å². The first-order valence-electron chi connectivity index (χ1n) is 9.78. The lowest BCUT2D eigenvalue weighted by Crippen LogP contribution is -2.27. The highest BCUT2D eigenvalue weighted by Gasteiger charge is 1.96. The van der Waals surface area contributed by atoms with Crippen LogP contribution in [0.15, 0.2) is 0 Å². The smallest absolute Gasteiger partial charge is 0.303 e. The number of carboxylic acids is 1. The van der Waals surface area contributed by atoms with Crippen LogP contribution in [-0.2, 0) is 4.79 Å². The average Bonchev–Trinajstić information content (AvgIpc) is 2.42. The molecule has 0 atom stereocenters. The lowest BCUT2D eigenvalue weighted by Gasteiger charge is -2.14. The van der Waals surface area contributed by atoms with Gasteiger partial charge in [0.1, 0.15) is 0 Å². The second kappa shape index (κ2) is 17.8. The topological polar surface area (TPSA) is 37.3 Å². The largest absolute Gasteiger partial charge is 0.481 e. The molecule has 0 aromatic heterocycles. The standard InChI is InChI=1S/C16H32O2.C4H12N/c1-2-3-4-5-6-7-8-9-10-11-12-13-14-15-16(17)18;1-5(2,3)4/h2-15H2,1H3,(H,17,18);1-4H3/q;+1. The maximum Gasteiger partial charge on any atom is 0.303 e. The molecule has 0 radical (unpaired) electrons. The SMILES string of the molecule is CCCCCCCCCCCCCCCC(=O)O.C[N+](C)(C)C. The maximum atomic E-state index is 10.3. The van der Waals surface area contributed by atoms with E-state index < -0.39 is 5.97 Å². The van der Waals surface area contributed by atoms with Crippen molar-refractivity contribution in [3.63, 3.8) is 0 Å². The van der Waals surface area contributed by atoms with E-state index in [1.54, 1.807) is 0 Å². The molecule has 0 spiro atoms. The number of carboxylic acid groups (broad SMARTS) is 1. The van der Waals surface area contributed by atoms with Crippen LogP contribution in [0.4, 0.5) is 0 Å². The third kappa shape index (κ3) is 38.9. The summed E-state index contributed by atoms with van der Waals surface area (Å²) in [4.78, 5) is 10.3. The first kappa shape index (κ1) is 24.7. The van der Waals surface area contributed by atoms with E-state index in [1.807, 2.05) is 0 Å². The number of quaternary nitrogens is 1. The molecule has 0 fully saturated rings. The number of carbonyl (C=O) groups is 1. The summed E-state index contributed by atoms with van der Waals surface area (Å²) in [5.41, 5.74) is 0. The first-order chi connectivity index (χ1) is 10.8. The molecule has 140 valence electrons. The first-order valence-corrected chi connectivity index (χ1v) is 9.78. The van der Waals surface area contributed by atoms with Crippen LogP contribution >= 0.6 is 0 Å². The van der Waals surface area contributed by atoms with Gasteiger partial charge in [-0.1, -0.05) is 84.0 Å². The Balaban J connectivity index is 0. The van der Waals surface area contributed by atoms with Crippen molar-refractivity contribution in [2.45, 2.75) is 96.8 Å². The molecule has 0 aromatic carbocycles. The highest BCUT2D eigenvalue weighted by Crippen LogP contribution is 2.12. The zero-order valence-electron chi connectivity index (χ0n) is 16.7. The van der Waals surface area contributed by atoms with E-state index in [0.29, 0.717) is 6.42 Å². The number of nitrogens with zero attached hydrogens (tertiary/aromatic N) is 1. The molecule has 0 heterocycles. The molecule has 0 aliphatic heterocycles. The van der Waals surface area contributed by atoms with Gasteiger partial charge in [0.05, 0.1) is 28.2 Å². The monoisotopic (exact) mass is 330 g/mol. The second-order valence-electron chi connectivity index (χ2n) is 8.07. The highest BCUT2D eigenvalue weighted by molar-refractivity contribution is 5.66. The Morgan fingerprint density at radius 1 is 0.652 bits per heavy atom. The third-order valence-corrected chi connectivity index (χ3v) is 3.49. The van der Waals surface area contributed by atoms with E-state index in [0.717, 1.165) is 17.3 Å². The van der Waals surface area contributed by atoms with Gasteiger partial charge in [0, 0.05) is 6.42 Å². The van der Waals surface area contributed by atoms with Crippen molar-refractivity contribution in [3.05, 3.63) is 0 Å². The van der Waals surface area contributed by atoms with Gasteiger partial charge in [-0.2, -0.15) is 0 Å². The van der Waals surface area contributed by atoms with Gasteiger partial charge in [-0.15, -0.1) is 0 Å². The molecule has 0 aromatic rings. The maximum absolute atomic E-state index is 10.3. The number of rotatable bonds is 14. The Hall–Kier alpha value is -0.570. The van der Waals surface area contributed by atoms with E-state index in [9.17, 15) is 4.79 Å². The van der Waals surface area contributed by atoms with Crippen LogP contribution in [0.3, 0.4) is 0 Å². The summed E-state index contributed by atoms with van der Waals surface area (Å²) in [6.07, 6.45) is 17.3. The minimum atomic E-state index is -0.655. The fourth-order valence-electron chi connectivity index (χ4n) is 2.29. The van der Waals surface area contributed by atoms with E-state index in [-0.39, 0.29) is 0 Å². The summed E-state index contributed by atoms with van der Waals surface area (Å²) in [6.45, 7) is 2.26. The molecule has 0 saturated carbocycles. The van der Waals surface area contributed by atoms with Crippen LogP contribution in [0.2, 0.25) is 0 Å². The van der Waals surface area contributed by atoms with Crippen molar-refractivity contribution >= 4 is 5.97 Å². The Morgan fingerprint density at radius 2 is 0.913 bits per heavy atom. The normalized spacial score (nSPS) is 11.0. The molecular weight excluding hydrogens is 286 g/mol. The molecule has 0 saturated heterocycles. The van der Waals surface area contributed by atoms with Gasteiger partial charge >= 0.3 is 5.97 Å². The fourth-order valence-corrected chi connectivity index (χ4v) is 2.29. The summed E-state index contributed by atoms with van der Waals surface area (Å²) in [6, 6.07) is 0. The molecule has 0 bridgehead atoms. The quantitative estimate of drug-likeness (QED) is 0.319. The summed E-state index contributed by atoms with van der Waals surface area (Å²) in [7, 11) is 8.50. The molecule has 0 rings (SSSR count). The van der Waals surface area contributed by atoms with Crippen LogP contribution < -0.4 is 0 Å². The van der Waals surface area contributed by atoms with E-state index >= 15 is 0 Å². The van der Waals surface area contributed by atoms with E-state index in [2.05, 4.69) is 35.1 Å². The van der Waals surface area contributed by atoms with Crippen molar-refractivity contribution < 1.29 is 14.4 Å². The van der Waals surface area contributed by atoms with Crippen LogP contribution in [0.1, 0.15) is 96.8 Å². The summed E-state index contributed by atoms with van der Waals surface area (Å²) >= 11 is 0. The lowest BCUT2D eigenvalue weighted by atomic mass is 10.0. The third-order valence-electron chi connectivity index (χ3n) is 3.49. The van der Waals surface area contributed by atoms with Gasteiger partial charge in [-0.05, 0) is 6.42 Å². The predicted molar refractivity (Wildman–Crippen MR) is 102 cm³/mol. The average molecular weight is 331 g/mol. The Morgan fingerprint density at radius 3 is 1.17 bits per heavy atom. The minimum absolute atomic E-state index is 0.345. The van der Waals surface area contributed by atoms with Crippen molar-refractivity contribution in [2.24, 2.45) is 0 Å². The Bertz CT molecular complexity index is 241. The molecule has 23 heavy (non-hydrogen) atoms. The molecule has 3 heteroatoms. The summed E-state index contributed by atoms with van der Waals surface area (Å²) < 4.78 is 1.00. The second-order valence-corrected chi connectivity index (χ2v) is 8.07. The summed E-state index contributed by atoms with van der Waals surface area (Å²) in [5.74, 6) is -0.655. The van der Waals surface area contributed by atoms with Gasteiger partial charge in [0.2, 0.25) is 0 Å². The molecule has 3 nitrogen and oxygen atoms in total. The molecule has 0 amide bonds. The zero-order valence-corrected chi connectivity index (χ0v) is 16.7. The highest BCUT2D eigenvalue weighted by atomic mass is 16.4. The minimum Gasteiger partial charge on any atom is -0.481 e. The molecule has 0 aliphatic carbocycles. The van der Waals surface area contributed by atoms with Gasteiger partial charge in [-0.25, -0.2) is 0 Å². The predicted octanol–water partition coefficient (Wildman–Crippen LogP) is 5.87. The van der Waals surface area contributed by atoms with Gasteiger partial charge in [0.25, 0.3) is 0 Å². The number of hydrogen-bond donors (Lipinski definition) is 1. The van der Waals surface area contributed by atoms with Crippen LogP contribution in [0.25, 0.3) is 0 Å². The van der Waals surface area contributed by atoms with Crippen LogP contribution in [0, 0.1) is 0 Å². The number of hydrogen-bond acceptors (Lipinski definition) is 1. The van der Waals surface area contributed by atoms with Crippen molar-refractivity contribution in [3.8, 4) is 0 Å². The molecule has 0 aliphatic rings. The van der Waals surface area contributed by atoms with Gasteiger partial charge in [0.15, 0.2) is 0 Å². The number of aliphatic carboxylic acids is 1. The molecule has 1 N–H and O–H groups in total. The Labute approximate surface area is 146 Å². The van der Waals surface area contributed by atoms with E-state index in [4.69, 9.17) is 5.11 Å². The van der Waals surface area contributed by atoms with Crippen molar-refractivity contribution in [1.29, 1.82) is 0 Å². The van der Waals surface area contributed by atoms with Crippen LogP contribution in [0.5, 0.6) is 0 Å².